The summed E-state index contributed by atoms with van der Waals surface area (Å²) in [6, 6.07) is 0. The summed E-state index contributed by atoms with van der Waals surface area (Å²) in [5.74, 6) is 0. The predicted octanol–water partition coefficient (Wildman–Crippen LogP) is 1.57. The SMILES string of the molecule is CCC(C)(C)c1cnc(S(C)(=O)=O)nc1. The highest BCUT2D eigenvalue weighted by Crippen LogP contribution is 2.25. The number of nitrogens with zero attached hydrogens (tertiary/aromatic N) is 2. The monoisotopic (exact) mass is 228 g/mol. The van der Waals surface area contributed by atoms with Crippen LogP contribution in [0.3, 0.4) is 0 Å². The van der Waals surface area contributed by atoms with Gasteiger partial charge in [0, 0.05) is 18.6 Å². The number of aromatic nitrogens is 2. The van der Waals surface area contributed by atoms with Gasteiger partial charge in [0.2, 0.25) is 15.0 Å². The Hall–Kier alpha value is -0.970. The second-order valence-corrected chi connectivity index (χ2v) is 6.17. The third kappa shape index (κ3) is 2.75. The normalized spacial score (nSPS) is 12.8. The van der Waals surface area contributed by atoms with E-state index >= 15 is 0 Å². The average molecular weight is 228 g/mol. The minimum atomic E-state index is -3.29. The van der Waals surface area contributed by atoms with Gasteiger partial charge in [0.05, 0.1) is 0 Å². The third-order valence-electron chi connectivity index (χ3n) is 2.63. The summed E-state index contributed by atoms with van der Waals surface area (Å²) < 4.78 is 22.3. The van der Waals surface area contributed by atoms with E-state index in [2.05, 4.69) is 30.7 Å². The van der Waals surface area contributed by atoms with Crippen molar-refractivity contribution in [2.45, 2.75) is 37.8 Å². The number of sulfone groups is 1. The van der Waals surface area contributed by atoms with Crippen LogP contribution >= 0.6 is 0 Å². The van der Waals surface area contributed by atoms with Crippen molar-refractivity contribution in [1.29, 1.82) is 0 Å². The Morgan fingerprint density at radius 1 is 1.27 bits per heavy atom. The molecule has 5 heteroatoms. The zero-order chi connectivity index (χ0) is 11.7. The van der Waals surface area contributed by atoms with E-state index in [9.17, 15) is 8.42 Å². The van der Waals surface area contributed by atoms with Crippen LogP contribution in [0.25, 0.3) is 0 Å². The van der Waals surface area contributed by atoms with Crippen LogP contribution in [0.15, 0.2) is 17.6 Å². The summed E-state index contributed by atoms with van der Waals surface area (Å²) in [7, 11) is -3.29. The fourth-order valence-electron chi connectivity index (χ4n) is 1.06. The molecule has 0 bridgehead atoms. The van der Waals surface area contributed by atoms with Gasteiger partial charge in [-0.1, -0.05) is 20.8 Å². The van der Waals surface area contributed by atoms with Gasteiger partial charge in [-0.3, -0.25) is 0 Å². The minimum absolute atomic E-state index is 0.0178. The summed E-state index contributed by atoms with van der Waals surface area (Å²) in [4.78, 5) is 7.73. The zero-order valence-electron chi connectivity index (χ0n) is 9.48. The quantitative estimate of drug-likeness (QED) is 0.737. The van der Waals surface area contributed by atoms with Gasteiger partial charge in [-0.2, -0.15) is 0 Å². The molecule has 0 aromatic carbocycles. The van der Waals surface area contributed by atoms with Gasteiger partial charge in [-0.25, -0.2) is 18.4 Å². The van der Waals surface area contributed by atoms with Crippen molar-refractivity contribution < 1.29 is 8.42 Å². The minimum Gasteiger partial charge on any atom is -0.227 e. The van der Waals surface area contributed by atoms with E-state index in [1.54, 1.807) is 12.4 Å². The van der Waals surface area contributed by atoms with Crippen LogP contribution in [0.2, 0.25) is 0 Å². The summed E-state index contributed by atoms with van der Waals surface area (Å²) in [6.07, 6.45) is 5.24. The van der Waals surface area contributed by atoms with Gasteiger partial charge in [-0.15, -0.1) is 0 Å². The number of hydrogen-bond acceptors (Lipinski definition) is 4. The van der Waals surface area contributed by atoms with E-state index in [4.69, 9.17) is 0 Å². The molecule has 1 aromatic rings. The summed E-state index contributed by atoms with van der Waals surface area (Å²) in [5, 5.41) is -0.113. The molecule has 0 saturated heterocycles. The van der Waals surface area contributed by atoms with Gasteiger partial charge >= 0.3 is 0 Å². The maximum atomic E-state index is 11.1. The Labute approximate surface area is 90.7 Å². The fourth-order valence-corrected chi connectivity index (χ4v) is 1.55. The molecule has 84 valence electrons. The molecule has 0 N–H and O–H groups in total. The topological polar surface area (TPSA) is 59.9 Å². The molecule has 0 aliphatic rings. The fraction of sp³-hybridized carbons (Fsp3) is 0.600. The first-order valence-corrected chi connectivity index (χ1v) is 6.69. The molecule has 0 unspecified atom stereocenters. The Kier molecular flexibility index (Phi) is 3.13. The van der Waals surface area contributed by atoms with Crippen LogP contribution in [0, 0.1) is 0 Å². The van der Waals surface area contributed by atoms with E-state index in [0.29, 0.717) is 0 Å². The molecule has 15 heavy (non-hydrogen) atoms. The maximum absolute atomic E-state index is 11.1. The smallest absolute Gasteiger partial charge is 0.227 e. The molecule has 4 nitrogen and oxygen atoms in total. The first-order valence-electron chi connectivity index (χ1n) is 4.80. The molecule has 1 heterocycles. The first-order chi connectivity index (χ1) is 6.77. The van der Waals surface area contributed by atoms with Gasteiger partial charge in [0.1, 0.15) is 0 Å². The molecular weight excluding hydrogens is 212 g/mol. The van der Waals surface area contributed by atoms with Gasteiger partial charge < -0.3 is 0 Å². The van der Waals surface area contributed by atoms with Crippen molar-refractivity contribution in [1.82, 2.24) is 9.97 Å². The highest BCUT2D eigenvalue weighted by molar-refractivity contribution is 7.90. The van der Waals surface area contributed by atoms with E-state index in [-0.39, 0.29) is 10.6 Å². The second-order valence-electron chi connectivity index (χ2n) is 4.26. The molecule has 0 saturated carbocycles. The lowest BCUT2D eigenvalue weighted by molar-refractivity contribution is 0.499. The molecule has 0 fully saturated rings. The molecule has 0 atom stereocenters. The number of hydrogen-bond donors (Lipinski definition) is 0. The van der Waals surface area contributed by atoms with Crippen molar-refractivity contribution in [3.05, 3.63) is 18.0 Å². The molecule has 0 aliphatic carbocycles. The van der Waals surface area contributed by atoms with Crippen molar-refractivity contribution in [2.24, 2.45) is 0 Å². The lowest BCUT2D eigenvalue weighted by Crippen LogP contribution is -2.17. The largest absolute Gasteiger partial charge is 0.246 e. The molecule has 1 rings (SSSR count). The van der Waals surface area contributed by atoms with Crippen LogP contribution in [-0.4, -0.2) is 24.6 Å². The average Bonchev–Trinajstić information content (AvgIpc) is 2.17. The highest BCUT2D eigenvalue weighted by Gasteiger charge is 2.20. The van der Waals surface area contributed by atoms with Crippen molar-refractivity contribution >= 4 is 9.84 Å². The Morgan fingerprint density at radius 3 is 2.07 bits per heavy atom. The van der Waals surface area contributed by atoms with Gasteiger partial charge in [-0.05, 0) is 17.4 Å². The van der Waals surface area contributed by atoms with E-state index < -0.39 is 9.84 Å². The lowest BCUT2D eigenvalue weighted by atomic mass is 9.84. The van der Waals surface area contributed by atoms with Gasteiger partial charge in [0.25, 0.3) is 0 Å². The zero-order valence-corrected chi connectivity index (χ0v) is 10.3. The summed E-state index contributed by atoms with van der Waals surface area (Å²) in [5.41, 5.74) is 0.938. The molecular formula is C10H16N2O2S. The molecule has 0 radical (unpaired) electrons. The Balaban J connectivity index is 3.12. The van der Waals surface area contributed by atoms with Crippen LogP contribution in [0.5, 0.6) is 0 Å². The van der Waals surface area contributed by atoms with E-state index in [1.807, 2.05) is 0 Å². The molecule has 1 aromatic heterocycles. The van der Waals surface area contributed by atoms with Crippen molar-refractivity contribution in [2.75, 3.05) is 6.26 Å². The first kappa shape index (κ1) is 12.1. The van der Waals surface area contributed by atoms with Crippen molar-refractivity contribution in [3.63, 3.8) is 0 Å². The lowest BCUT2D eigenvalue weighted by Gasteiger charge is -2.22. The van der Waals surface area contributed by atoms with E-state index in [1.165, 1.54) is 0 Å². The predicted molar refractivity (Wildman–Crippen MR) is 58.5 cm³/mol. The Bertz CT molecular complexity index is 435. The Morgan fingerprint density at radius 2 is 1.73 bits per heavy atom. The van der Waals surface area contributed by atoms with Crippen LogP contribution in [0.1, 0.15) is 32.8 Å². The third-order valence-corrected chi connectivity index (χ3v) is 3.50. The highest BCUT2D eigenvalue weighted by atomic mass is 32.2. The van der Waals surface area contributed by atoms with E-state index in [0.717, 1.165) is 18.2 Å². The molecule has 0 amide bonds. The van der Waals surface area contributed by atoms with Gasteiger partial charge in [0.15, 0.2) is 0 Å². The van der Waals surface area contributed by atoms with Crippen molar-refractivity contribution in [3.8, 4) is 0 Å². The maximum Gasteiger partial charge on any atom is 0.246 e. The molecule has 0 aliphatic heterocycles. The second kappa shape index (κ2) is 3.89. The van der Waals surface area contributed by atoms with Crippen LogP contribution < -0.4 is 0 Å². The summed E-state index contributed by atoms with van der Waals surface area (Å²) in [6.45, 7) is 6.22. The summed E-state index contributed by atoms with van der Waals surface area (Å²) >= 11 is 0. The number of rotatable bonds is 3. The molecule has 0 spiro atoms. The van der Waals surface area contributed by atoms with Crippen LogP contribution in [0.4, 0.5) is 0 Å². The van der Waals surface area contributed by atoms with Crippen LogP contribution in [-0.2, 0) is 15.3 Å². The standard InChI is InChI=1S/C10H16N2O2S/c1-5-10(2,3)8-6-11-9(12-7-8)15(4,13)14/h6-7H,5H2,1-4H3.